The molecule has 0 aliphatic rings. The lowest BCUT2D eigenvalue weighted by molar-refractivity contribution is 0.285. The second kappa shape index (κ2) is 7.52. The quantitative estimate of drug-likeness (QED) is 0.672. The molecule has 0 atom stereocenters. The van der Waals surface area contributed by atoms with Crippen molar-refractivity contribution in [2.24, 2.45) is 0 Å². The number of hydrogen-bond donors (Lipinski definition) is 1. The van der Waals surface area contributed by atoms with E-state index in [2.05, 4.69) is 20.4 Å². The molecule has 1 aromatic carbocycles. The van der Waals surface area contributed by atoms with Crippen LogP contribution in [0.4, 0.5) is 5.69 Å². The third kappa shape index (κ3) is 4.79. The van der Waals surface area contributed by atoms with Crippen LogP contribution < -0.4 is 10.1 Å². The van der Waals surface area contributed by atoms with E-state index in [0.29, 0.717) is 24.0 Å². The maximum absolute atomic E-state index is 11.4. The van der Waals surface area contributed by atoms with Gasteiger partial charge in [0.25, 0.3) is 0 Å². The van der Waals surface area contributed by atoms with E-state index < -0.39 is 9.84 Å². The number of hydrogen-bond acceptors (Lipinski definition) is 8. The van der Waals surface area contributed by atoms with Gasteiger partial charge in [-0.25, -0.2) is 13.4 Å². The third-order valence-corrected chi connectivity index (χ3v) is 4.48. The summed E-state index contributed by atoms with van der Waals surface area (Å²) in [5.41, 5.74) is 1.78. The number of nitrogens with zero attached hydrogens (tertiary/aromatic N) is 3. The molecule has 0 radical (unpaired) electrons. The summed E-state index contributed by atoms with van der Waals surface area (Å²) in [6.07, 6.45) is 2.63. The molecule has 2 aromatic heterocycles. The molecular formula is C17H18N4O4S. The second-order valence-electron chi connectivity index (χ2n) is 5.67. The van der Waals surface area contributed by atoms with Gasteiger partial charge in [0, 0.05) is 19.7 Å². The molecule has 0 spiro atoms. The topological polar surface area (TPSA) is 107 Å². The Morgan fingerprint density at radius 3 is 2.50 bits per heavy atom. The molecule has 136 valence electrons. The van der Waals surface area contributed by atoms with Crippen molar-refractivity contribution in [2.45, 2.75) is 25.1 Å². The molecule has 0 fully saturated rings. The Kier molecular flexibility index (Phi) is 5.17. The van der Waals surface area contributed by atoms with Gasteiger partial charge in [-0.15, -0.1) is 0 Å². The first-order chi connectivity index (χ1) is 12.4. The Balaban J connectivity index is 1.52. The number of sulfone groups is 1. The molecule has 0 amide bonds. The summed E-state index contributed by atoms with van der Waals surface area (Å²) < 4.78 is 33.3. The summed E-state index contributed by atoms with van der Waals surface area (Å²) in [5, 5.41) is 7.01. The van der Waals surface area contributed by atoms with Crippen LogP contribution in [-0.2, 0) is 23.0 Å². The molecule has 1 N–H and O–H groups in total. The van der Waals surface area contributed by atoms with E-state index in [-0.39, 0.29) is 11.6 Å². The lowest BCUT2D eigenvalue weighted by Crippen LogP contribution is -2.03. The Morgan fingerprint density at radius 2 is 1.92 bits per heavy atom. The highest BCUT2D eigenvalue weighted by atomic mass is 32.2. The van der Waals surface area contributed by atoms with Gasteiger partial charge in [-0.2, -0.15) is 4.98 Å². The van der Waals surface area contributed by atoms with Crippen LogP contribution in [0.1, 0.15) is 17.3 Å². The summed E-state index contributed by atoms with van der Waals surface area (Å²) in [7, 11) is -3.28. The molecule has 9 heteroatoms. The van der Waals surface area contributed by atoms with Gasteiger partial charge >= 0.3 is 0 Å². The maximum Gasteiger partial charge on any atom is 0.223 e. The molecule has 0 aliphatic carbocycles. The van der Waals surface area contributed by atoms with Crippen LogP contribution in [0.15, 0.2) is 52.1 Å². The number of aryl methyl sites for hydroxylation is 1. The Morgan fingerprint density at radius 1 is 1.15 bits per heavy atom. The van der Waals surface area contributed by atoms with E-state index in [4.69, 9.17) is 9.26 Å². The monoisotopic (exact) mass is 374 g/mol. The van der Waals surface area contributed by atoms with Crippen LogP contribution in [0.2, 0.25) is 0 Å². The standard InChI is InChI=1S/C17H18N4O4S/c1-12-20-16(21-25-12)11-24-15-6-3-13(4-7-15)9-18-14-5-8-17(19-10-14)26(2,22)23/h3-8,10,18H,9,11H2,1-2H3. The molecule has 0 saturated heterocycles. The highest BCUT2D eigenvalue weighted by molar-refractivity contribution is 7.90. The molecule has 2 heterocycles. The summed E-state index contributed by atoms with van der Waals surface area (Å²) in [6, 6.07) is 10.7. The van der Waals surface area contributed by atoms with E-state index in [1.165, 1.54) is 12.3 Å². The number of ether oxygens (including phenoxy) is 1. The normalized spacial score (nSPS) is 11.3. The van der Waals surface area contributed by atoms with E-state index in [0.717, 1.165) is 17.5 Å². The third-order valence-electron chi connectivity index (χ3n) is 3.47. The molecule has 0 saturated carbocycles. The SMILES string of the molecule is Cc1nc(COc2ccc(CNc3ccc(S(C)(=O)=O)nc3)cc2)no1. The summed E-state index contributed by atoms with van der Waals surface area (Å²) in [4.78, 5) is 8.01. The van der Waals surface area contributed by atoms with Crippen LogP contribution in [0, 0.1) is 6.92 Å². The number of aromatic nitrogens is 3. The van der Waals surface area contributed by atoms with Crippen molar-refractivity contribution < 1.29 is 17.7 Å². The van der Waals surface area contributed by atoms with E-state index in [9.17, 15) is 8.42 Å². The number of pyridine rings is 1. The van der Waals surface area contributed by atoms with Gasteiger partial charge in [-0.05, 0) is 29.8 Å². The van der Waals surface area contributed by atoms with Gasteiger partial charge in [0.1, 0.15) is 5.75 Å². The van der Waals surface area contributed by atoms with Gasteiger partial charge in [0.15, 0.2) is 21.5 Å². The number of benzene rings is 1. The summed E-state index contributed by atoms with van der Waals surface area (Å²) in [5.74, 6) is 1.71. The molecule has 3 rings (SSSR count). The predicted molar refractivity (Wildman–Crippen MR) is 94.5 cm³/mol. The van der Waals surface area contributed by atoms with Crippen LogP contribution in [0.5, 0.6) is 5.75 Å². The molecule has 0 unspecified atom stereocenters. The minimum absolute atomic E-state index is 0.0568. The van der Waals surface area contributed by atoms with Crippen LogP contribution >= 0.6 is 0 Å². The lowest BCUT2D eigenvalue weighted by Gasteiger charge is -2.08. The molecular weight excluding hydrogens is 356 g/mol. The fourth-order valence-electron chi connectivity index (χ4n) is 2.16. The zero-order valence-electron chi connectivity index (χ0n) is 14.3. The average Bonchev–Trinajstić information content (AvgIpc) is 3.04. The van der Waals surface area contributed by atoms with E-state index >= 15 is 0 Å². The van der Waals surface area contributed by atoms with Crippen molar-refractivity contribution in [1.82, 2.24) is 15.1 Å². The van der Waals surface area contributed by atoms with Crippen LogP contribution in [-0.4, -0.2) is 29.8 Å². The van der Waals surface area contributed by atoms with E-state index in [1.807, 2.05) is 24.3 Å². The fraction of sp³-hybridized carbons (Fsp3) is 0.235. The lowest BCUT2D eigenvalue weighted by atomic mass is 10.2. The first kappa shape index (κ1) is 17.9. The van der Waals surface area contributed by atoms with Crippen LogP contribution in [0.3, 0.4) is 0 Å². The first-order valence-electron chi connectivity index (χ1n) is 7.81. The number of anilines is 1. The maximum atomic E-state index is 11.4. The van der Waals surface area contributed by atoms with Gasteiger partial charge in [0.2, 0.25) is 11.7 Å². The first-order valence-corrected chi connectivity index (χ1v) is 9.70. The molecule has 8 nitrogen and oxygen atoms in total. The van der Waals surface area contributed by atoms with Crippen molar-refractivity contribution in [2.75, 3.05) is 11.6 Å². The van der Waals surface area contributed by atoms with Gasteiger partial charge in [-0.3, -0.25) is 0 Å². The van der Waals surface area contributed by atoms with Gasteiger partial charge in [-0.1, -0.05) is 17.3 Å². The zero-order chi connectivity index (χ0) is 18.6. The van der Waals surface area contributed by atoms with Gasteiger partial charge in [0.05, 0.1) is 11.9 Å². The largest absolute Gasteiger partial charge is 0.485 e. The molecule has 26 heavy (non-hydrogen) atoms. The van der Waals surface area contributed by atoms with Crippen molar-refractivity contribution in [3.8, 4) is 5.75 Å². The highest BCUT2D eigenvalue weighted by Gasteiger charge is 2.08. The van der Waals surface area contributed by atoms with Crippen LogP contribution in [0.25, 0.3) is 0 Å². The minimum Gasteiger partial charge on any atom is -0.485 e. The van der Waals surface area contributed by atoms with Crippen molar-refractivity contribution >= 4 is 15.5 Å². The Hall–Kier alpha value is -2.94. The van der Waals surface area contributed by atoms with Crippen molar-refractivity contribution in [3.63, 3.8) is 0 Å². The number of rotatable bonds is 7. The Labute approximate surface area is 151 Å². The predicted octanol–water partition coefficient (Wildman–Crippen LogP) is 2.37. The second-order valence-corrected chi connectivity index (χ2v) is 7.64. The van der Waals surface area contributed by atoms with Crippen molar-refractivity contribution in [1.29, 1.82) is 0 Å². The van der Waals surface area contributed by atoms with Crippen molar-refractivity contribution in [3.05, 3.63) is 59.9 Å². The molecule has 3 aromatic rings. The molecule has 0 aliphatic heterocycles. The van der Waals surface area contributed by atoms with Gasteiger partial charge < -0.3 is 14.6 Å². The highest BCUT2D eigenvalue weighted by Crippen LogP contribution is 2.16. The Bertz CT molecular complexity index is 967. The minimum atomic E-state index is -3.28. The summed E-state index contributed by atoms with van der Waals surface area (Å²) in [6.45, 7) is 2.54. The average molecular weight is 374 g/mol. The molecule has 0 bridgehead atoms. The fourth-order valence-corrected chi connectivity index (χ4v) is 2.72. The smallest absolute Gasteiger partial charge is 0.223 e. The zero-order valence-corrected chi connectivity index (χ0v) is 15.2. The number of nitrogens with one attached hydrogen (secondary N) is 1. The van der Waals surface area contributed by atoms with E-state index in [1.54, 1.807) is 13.0 Å². The summed E-state index contributed by atoms with van der Waals surface area (Å²) >= 11 is 0.